The number of amides is 1. The van der Waals surface area contributed by atoms with E-state index in [9.17, 15) is 4.79 Å². The fraction of sp³-hybridized carbons (Fsp3) is 0.263. The maximum atomic E-state index is 12.9. The summed E-state index contributed by atoms with van der Waals surface area (Å²) in [6, 6.07) is 13.0. The van der Waals surface area contributed by atoms with Crippen LogP contribution < -0.4 is 4.90 Å². The molecule has 2 aromatic rings. The molecule has 0 aliphatic carbocycles. The van der Waals surface area contributed by atoms with Crippen LogP contribution in [0.2, 0.25) is 0 Å². The van der Waals surface area contributed by atoms with Crippen LogP contribution in [0.5, 0.6) is 0 Å². The number of benzene rings is 1. The van der Waals surface area contributed by atoms with Crippen molar-refractivity contribution in [1.29, 1.82) is 10.5 Å². The van der Waals surface area contributed by atoms with Crippen LogP contribution in [0.3, 0.4) is 0 Å². The molecule has 0 bridgehead atoms. The zero-order valence-corrected chi connectivity index (χ0v) is 14.0. The maximum absolute atomic E-state index is 12.9. The lowest BCUT2D eigenvalue weighted by Gasteiger charge is -2.22. The molecule has 0 saturated carbocycles. The van der Waals surface area contributed by atoms with Gasteiger partial charge < -0.3 is 4.90 Å². The third-order valence-electron chi connectivity index (χ3n) is 3.92. The first-order valence-corrected chi connectivity index (χ1v) is 7.61. The number of anilines is 1. The summed E-state index contributed by atoms with van der Waals surface area (Å²) in [7, 11) is 0. The number of carbonyl (C=O) groups excluding carboxylic acids is 1. The Bertz CT molecular complexity index is 859. The first-order chi connectivity index (χ1) is 11.5. The number of hydrogen-bond acceptors (Lipinski definition) is 4. The normalized spacial score (nSPS) is 9.88. The van der Waals surface area contributed by atoms with Crippen molar-refractivity contribution in [3.63, 3.8) is 0 Å². The molecule has 0 atom stereocenters. The second-order valence-electron chi connectivity index (χ2n) is 5.57. The third-order valence-corrected chi connectivity index (χ3v) is 3.92. The van der Waals surface area contributed by atoms with Crippen molar-refractivity contribution in [3.8, 4) is 12.1 Å². The Morgan fingerprint density at radius 3 is 2.46 bits per heavy atom. The summed E-state index contributed by atoms with van der Waals surface area (Å²) >= 11 is 0. The lowest BCUT2D eigenvalue weighted by atomic mass is 10.1. The number of rotatable bonds is 4. The summed E-state index contributed by atoms with van der Waals surface area (Å²) in [5, 5.41) is 17.9. The first-order valence-electron chi connectivity index (χ1n) is 7.61. The van der Waals surface area contributed by atoms with E-state index in [0.29, 0.717) is 17.8 Å². The lowest BCUT2D eigenvalue weighted by Crippen LogP contribution is -2.32. The highest BCUT2D eigenvalue weighted by molar-refractivity contribution is 6.05. The number of nitrogens with zero attached hydrogens (tertiary/aromatic N) is 4. The molecule has 0 saturated heterocycles. The van der Waals surface area contributed by atoms with Crippen molar-refractivity contribution in [2.24, 2.45) is 0 Å². The quantitative estimate of drug-likeness (QED) is 0.864. The van der Waals surface area contributed by atoms with Crippen LogP contribution >= 0.6 is 0 Å². The van der Waals surface area contributed by atoms with Crippen molar-refractivity contribution < 1.29 is 4.79 Å². The van der Waals surface area contributed by atoms with E-state index in [1.165, 1.54) is 0 Å². The minimum Gasteiger partial charge on any atom is -0.306 e. The van der Waals surface area contributed by atoms with E-state index in [-0.39, 0.29) is 18.0 Å². The topological polar surface area (TPSA) is 80.8 Å². The fourth-order valence-electron chi connectivity index (χ4n) is 2.34. The molecule has 24 heavy (non-hydrogen) atoms. The number of aromatic nitrogens is 1. The Morgan fingerprint density at radius 1 is 1.12 bits per heavy atom. The monoisotopic (exact) mass is 318 g/mol. The minimum atomic E-state index is -0.277. The van der Waals surface area contributed by atoms with Crippen LogP contribution in [0.15, 0.2) is 30.3 Å². The van der Waals surface area contributed by atoms with Crippen LogP contribution in [0.25, 0.3) is 0 Å². The van der Waals surface area contributed by atoms with E-state index in [0.717, 1.165) is 16.8 Å². The maximum Gasteiger partial charge on any atom is 0.276 e. The molecular weight excluding hydrogens is 300 g/mol. The van der Waals surface area contributed by atoms with Gasteiger partial charge in [-0.2, -0.15) is 10.5 Å². The Labute approximate surface area is 141 Å². The van der Waals surface area contributed by atoms with Crippen LogP contribution in [0, 0.1) is 43.4 Å². The predicted octanol–water partition coefficient (Wildman–Crippen LogP) is 3.44. The molecule has 2 rings (SSSR count). The van der Waals surface area contributed by atoms with Gasteiger partial charge in [0.05, 0.1) is 23.7 Å². The summed E-state index contributed by atoms with van der Waals surface area (Å²) in [6.45, 7) is 5.98. The molecule has 5 nitrogen and oxygen atoms in total. The summed E-state index contributed by atoms with van der Waals surface area (Å²) in [4.78, 5) is 18.7. The first kappa shape index (κ1) is 17.2. The van der Waals surface area contributed by atoms with E-state index in [1.54, 1.807) is 24.0 Å². The van der Waals surface area contributed by atoms with Crippen molar-refractivity contribution in [2.45, 2.75) is 27.2 Å². The molecule has 0 aliphatic rings. The largest absolute Gasteiger partial charge is 0.306 e. The predicted molar refractivity (Wildman–Crippen MR) is 91.5 cm³/mol. The number of aryl methyl sites for hydroxylation is 3. The number of carbonyl (C=O) groups is 1. The van der Waals surface area contributed by atoms with Crippen molar-refractivity contribution in [2.75, 3.05) is 11.4 Å². The molecule has 0 N–H and O–H groups in total. The van der Waals surface area contributed by atoms with Gasteiger partial charge in [-0.25, -0.2) is 4.98 Å². The van der Waals surface area contributed by atoms with Crippen molar-refractivity contribution in [3.05, 3.63) is 58.4 Å². The van der Waals surface area contributed by atoms with E-state index in [2.05, 4.69) is 11.1 Å². The van der Waals surface area contributed by atoms with Crippen molar-refractivity contribution >= 4 is 11.6 Å². The zero-order valence-electron chi connectivity index (χ0n) is 14.0. The van der Waals surface area contributed by atoms with Gasteiger partial charge in [-0.05, 0) is 56.2 Å². The molecular formula is C19H18N4O. The van der Waals surface area contributed by atoms with Gasteiger partial charge in [-0.3, -0.25) is 4.79 Å². The smallest absolute Gasteiger partial charge is 0.276 e. The van der Waals surface area contributed by atoms with Gasteiger partial charge in [0, 0.05) is 12.2 Å². The van der Waals surface area contributed by atoms with Gasteiger partial charge in [0.15, 0.2) is 0 Å². The van der Waals surface area contributed by atoms with E-state index in [4.69, 9.17) is 10.5 Å². The van der Waals surface area contributed by atoms with E-state index >= 15 is 0 Å². The van der Waals surface area contributed by atoms with Crippen LogP contribution in [0.1, 0.15) is 39.3 Å². The van der Waals surface area contributed by atoms with E-state index < -0.39 is 0 Å². The standard InChI is InChI=1S/C19H18N4O/c1-13-5-7-17(11-14(13)2)23(10-4-9-20)19(24)18-8-6-16(12-21)15(3)22-18/h5-8,11H,4,10H2,1-3H3. The molecule has 0 aliphatic heterocycles. The second kappa shape index (κ2) is 7.39. The van der Waals surface area contributed by atoms with Gasteiger partial charge in [-0.15, -0.1) is 0 Å². The van der Waals surface area contributed by atoms with Crippen LogP contribution in [0.4, 0.5) is 5.69 Å². The molecule has 120 valence electrons. The average molecular weight is 318 g/mol. The minimum absolute atomic E-state index is 0.230. The highest BCUT2D eigenvalue weighted by Crippen LogP contribution is 2.21. The summed E-state index contributed by atoms with van der Waals surface area (Å²) < 4.78 is 0. The molecule has 0 spiro atoms. The zero-order chi connectivity index (χ0) is 17.7. The van der Waals surface area contributed by atoms with Gasteiger partial charge in [0.25, 0.3) is 5.91 Å². The van der Waals surface area contributed by atoms with Gasteiger partial charge >= 0.3 is 0 Å². The number of pyridine rings is 1. The average Bonchev–Trinajstić information content (AvgIpc) is 2.58. The van der Waals surface area contributed by atoms with Crippen LogP contribution in [-0.4, -0.2) is 17.4 Å². The van der Waals surface area contributed by atoms with Gasteiger partial charge in [0.2, 0.25) is 0 Å². The lowest BCUT2D eigenvalue weighted by molar-refractivity contribution is 0.0982. The Hall–Kier alpha value is -3.18. The Morgan fingerprint density at radius 2 is 1.88 bits per heavy atom. The molecule has 5 heteroatoms. The summed E-state index contributed by atoms with van der Waals surface area (Å²) in [5.74, 6) is -0.277. The fourth-order valence-corrected chi connectivity index (χ4v) is 2.34. The van der Waals surface area contributed by atoms with Gasteiger partial charge in [-0.1, -0.05) is 6.07 Å². The SMILES string of the molecule is Cc1ccc(N(CCC#N)C(=O)c2ccc(C#N)c(C)n2)cc1C. The summed E-state index contributed by atoms with van der Waals surface area (Å²) in [5.41, 5.74) is 4.18. The highest BCUT2D eigenvalue weighted by atomic mass is 16.2. The molecule has 1 heterocycles. The van der Waals surface area contributed by atoms with E-state index in [1.807, 2.05) is 38.1 Å². The highest BCUT2D eigenvalue weighted by Gasteiger charge is 2.20. The van der Waals surface area contributed by atoms with Crippen molar-refractivity contribution in [1.82, 2.24) is 4.98 Å². The molecule has 1 aromatic heterocycles. The molecule has 0 fully saturated rings. The molecule has 1 amide bonds. The number of hydrogen-bond donors (Lipinski definition) is 0. The third kappa shape index (κ3) is 3.59. The molecule has 1 aromatic carbocycles. The second-order valence-corrected chi connectivity index (χ2v) is 5.57. The van der Waals surface area contributed by atoms with Gasteiger partial charge in [0.1, 0.15) is 11.8 Å². The molecule has 0 unspecified atom stereocenters. The Balaban J connectivity index is 2.42. The Kier molecular flexibility index (Phi) is 5.29. The molecule has 0 radical (unpaired) electrons. The number of nitriles is 2. The van der Waals surface area contributed by atoms with Crippen LogP contribution in [-0.2, 0) is 0 Å². The summed E-state index contributed by atoms with van der Waals surface area (Å²) in [6.07, 6.45) is 0.230.